The first-order valence-electron chi connectivity index (χ1n) is 11.4. The van der Waals surface area contributed by atoms with Gasteiger partial charge in [-0.2, -0.15) is 0 Å². The summed E-state index contributed by atoms with van der Waals surface area (Å²) in [4.78, 5) is 27.6. The van der Waals surface area contributed by atoms with E-state index >= 15 is 0 Å². The van der Waals surface area contributed by atoms with E-state index in [0.717, 1.165) is 6.07 Å². The Morgan fingerprint density at radius 3 is 2.24 bits per heavy atom. The molecule has 0 radical (unpaired) electrons. The number of nitrogens with zero attached hydrogens (tertiary/aromatic N) is 2. The average Bonchev–Trinajstić information content (AvgIpc) is 2.89. The fraction of sp³-hybridized carbons (Fsp3) is 0.231. The van der Waals surface area contributed by atoms with E-state index in [0.29, 0.717) is 14.9 Å². The molecule has 3 aromatic rings. The van der Waals surface area contributed by atoms with Crippen LogP contribution in [-0.4, -0.2) is 44.8 Å². The first-order chi connectivity index (χ1) is 17.6. The minimum Gasteiger partial charge on any atom is -0.357 e. The summed E-state index contributed by atoms with van der Waals surface area (Å²) >= 11 is 12.3. The lowest BCUT2D eigenvalue weighted by molar-refractivity contribution is -0.140. The minimum absolute atomic E-state index is 0.0999. The van der Waals surface area contributed by atoms with Crippen LogP contribution in [0.4, 0.5) is 10.1 Å². The number of hydrogen-bond acceptors (Lipinski definition) is 4. The van der Waals surface area contributed by atoms with Crippen LogP contribution in [0.15, 0.2) is 77.7 Å². The van der Waals surface area contributed by atoms with Crippen molar-refractivity contribution in [2.45, 2.75) is 30.8 Å². The number of hydrogen-bond donors (Lipinski definition) is 1. The number of amides is 2. The number of sulfonamides is 1. The van der Waals surface area contributed by atoms with Gasteiger partial charge in [-0.05, 0) is 48.4 Å². The Bertz CT molecular complexity index is 1370. The maximum atomic E-state index is 14.9. The Kier molecular flexibility index (Phi) is 9.53. The lowest BCUT2D eigenvalue weighted by Crippen LogP contribution is -2.51. The third-order valence-corrected chi connectivity index (χ3v) is 8.08. The van der Waals surface area contributed by atoms with Crippen molar-refractivity contribution < 1.29 is 22.4 Å². The van der Waals surface area contributed by atoms with E-state index < -0.39 is 40.2 Å². The van der Waals surface area contributed by atoms with Crippen molar-refractivity contribution in [2.24, 2.45) is 0 Å². The van der Waals surface area contributed by atoms with Gasteiger partial charge in [0.25, 0.3) is 10.0 Å². The molecule has 0 aromatic heterocycles. The minimum atomic E-state index is -4.35. The third kappa shape index (κ3) is 6.60. The molecule has 0 saturated carbocycles. The molecule has 3 aromatic carbocycles. The van der Waals surface area contributed by atoms with Crippen LogP contribution in [0.3, 0.4) is 0 Å². The van der Waals surface area contributed by atoms with Crippen molar-refractivity contribution in [3.63, 3.8) is 0 Å². The lowest BCUT2D eigenvalue weighted by Gasteiger charge is -2.33. The normalized spacial score (nSPS) is 12.0. The fourth-order valence-corrected chi connectivity index (χ4v) is 5.72. The molecule has 3 rings (SSSR count). The van der Waals surface area contributed by atoms with Gasteiger partial charge in [-0.25, -0.2) is 12.8 Å². The summed E-state index contributed by atoms with van der Waals surface area (Å²) in [5.74, 6) is -1.98. The third-order valence-electron chi connectivity index (χ3n) is 5.72. The number of rotatable bonds is 10. The van der Waals surface area contributed by atoms with Crippen molar-refractivity contribution in [2.75, 3.05) is 17.9 Å². The van der Waals surface area contributed by atoms with Crippen LogP contribution in [0.5, 0.6) is 0 Å². The molecule has 2 amide bonds. The summed E-state index contributed by atoms with van der Waals surface area (Å²) in [7, 11) is -2.91. The van der Waals surface area contributed by atoms with E-state index in [2.05, 4.69) is 5.32 Å². The Balaban J connectivity index is 2.08. The number of para-hydroxylation sites is 1. The number of likely N-dealkylation sites (N-methyl/N-ethyl adjacent to an activating group) is 1. The Morgan fingerprint density at radius 2 is 1.65 bits per heavy atom. The monoisotopic (exact) mass is 565 g/mol. The standard InChI is InChI=1S/C26H26Cl2FN3O4S/c1-3-23(26(34)30-2)31(16-18-13-14-19(27)15-21(18)28)25(33)17-32(24-12-8-7-11-22(24)29)37(35,36)20-9-5-4-6-10-20/h4-15,23H,3,16-17H2,1-2H3,(H,30,34)/t23-/m1/s1. The number of halogens is 3. The lowest BCUT2D eigenvalue weighted by atomic mass is 10.1. The van der Waals surface area contributed by atoms with Gasteiger partial charge in [-0.15, -0.1) is 0 Å². The van der Waals surface area contributed by atoms with Gasteiger partial charge in [0.1, 0.15) is 18.4 Å². The molecular weight excluding hydrogens is 540 g/mol. The fourth-order valence-electron chi connectivity index (χ4n) is 3.81. The molecule has 0 aliphatic rings. The van der Waals surface area contributed by atoms with Crippen LogP contribution in [0.1, 0.15) is 18.9 Å². The second-order valence-electron chi connectivity index (χ2n) is 8.07. The average molecular weight is 566 g/mol. The molecule has 196 valence electrons. The summed E-state index contributed by atoms with van der Waals surface area (Å²) in [5.41, 5.74) is 0.210. The van der Waals surface area contributed by atoms with Gasteiger partial charge in [-0.3, -0.25) is 13.9 Å². The number of benzene rings is 3. The smallest absolute Gasteiger partial charge is 0.264 e. The molecule has 0 aliphatic carbocycles. The van der Waals surface area contributed by atoms with Crippen LogP contribution in [0, 0.1) is 5.82 Å². The summed E-state index contributed by atoms with van der Waals surface area (Å²) in [6.45, 7) is 0.868. The van der Waals surface area contributed by atoms with E-state index in [-0.39, 0.29) is 28.6 Å². The van der Waals surface area contributed by atoms with Gasteiger partial charge >= 0.3 is 0 Å². The quantitative estimate of drug-likeness (QED) is 0.379. The van der Waals surface area contributed by atoms with Crippen LogP contribution in [-0.2, 0) is 26.2 Å². The largest absolute Gasteiger partial charge is 0.357 e. The molecule has 11 heteroatoms. The second-order valence-corrected chi connectivity index (χ2v) is 10.8. The zero-order chi connectivity index (χ0) is 27.2. The highest BCUT2D eigenvalue weighted by Crippen LogP contribution is 2.28. The van der Waals surface area contributed by atoms with Crippen molar-refractivity contribution >= 4 is 50.7 Å². The zero-order valence-electron chi connectivity index (χ0n) is 20.2. The van der Waals surface area contributed by atoms with E-state index in [4.69, 9.17) is 23.2 Å². The molecule has 1 atom stereocenters. The van der Waals surface area contributed by atoms with Crippen molar-refractivity contribution in [3.05, 3.63) is 94.2 Å². The summed E-state index contributed by atoms with van der Waals surface area (Å²) in [5, 5.41) is 3.20. The summed E-state index contributed by atoms with van der Waals surface area (Å²) < 4.78 is 42.8. The highest BCUT2D eigenvalue weighted by Gasteiger charge is 2.34. The Morgan fingerprint density at radius 1 is 1.00 bits per heavy atom. The van der Waals surface area contributed by atoms with Gasteiger partial charge < -0.3 is 10.2 Å². The molecule has 0 saturated heterocycles. The molecule has 0 bridgehead atoms. The molecule has 0 heterocycles. The van der Waals surface area contributed by atoms with Crippen LogP contribution < -0.4 is 9.62 Å². The number of nitrogens with one attached hydrogen (secondary N) is 1. The Labute approximate surface area is 225 Å². The van der Waals surface area contributed by atoms with Gasteiger partial charge in [0, 0.05) is 23.6 Å². The molecular formula is C26H26Cl2FN3O4S. The predicted octanol–water partition coefficient (Wildman–Crippen LogP) is 4.88. The Hall–Kier alpha value is -3.14. The van der Waals surface area contributed by atoms with Crippen LogP contribution >= 0.6 is 23.2 Å². The van der Waals surface area contributed by atoms with E-state index in [1.807, 2.05) is 0 Å². The molecule has 0 unspecified atom stereocenters. The molecule has 7 nitrogen and oxygen atoms in total. The zero-order valence-corrected chi connectivity index (χ0v) is 22.5. The number of carbonyl (C=O) groups is 2. The van der Waals surface area contributed by atoms with Crippen LogP contribution in [0.2, 0.25) is 10.0 Å². The van der Waals surface area contributed by atoms with Gasteiger partial charge in [0.15, 0.2) is 0 Å². The molecule has 0 spiro atoms. The first kappa shape index (κ1) is 28.4. The summed E-state index contributed by atoms with van der Waals surface area (Å²) in [6.07, 6.45) is 0.238. The maximum absolute atomic E-state index is 14.9. The number of carbonyl (C=O) groups excluding carboxylic acids is 2. The van der Waals surface area contributed by atoms with E-state index in [1.165, 1.54) is 60.5 Å². The number of anilines is 1. The highest BCUT2D eigenvalue weighted by molar-refractivity contribution is 7.92. The van der Waals surface area contributed by atoms with E-state index in [1.54, 1.807) is 25.1 Å². The summed E-state index contributed by atoms with van der Waals surface area (Å²) in [6, 6.07) is 16.5. The molecule has 37 heavy (non-hydrogen) atoms. The van der Waals surface area contributed by atoms with Gasteiger partial charge in [0.2, 0.25) is 11.8 Å². The van der Waals surface area contributed by atoms with Crippen molar-refractivity contribution in [1.82, 2.24) is 10.2 Å². The molecule has 0 aliphatic heterocycles. The van der Waals surface area contributed by atoms with Crippen molar-refractivity contribution in [1.29, 1.82) is 0 Å². The van der Waals surface area contributed by atoms with Crippen LogP contribution in [0.25, 0.3) is 0 Å². The highest BCUT2D eigenvalue weighted by atomic mass is 35.5. The predicted molar refractivity (Wildman–Crippen MR) is 143 cm³/mol. The van der Waals surface area contributed by atoms with Gasteiger partial charge in [0.05, 0.1) is 10.6 Å². The van der Waals surface area contributed by atoms with Gasteiger partial charge in [-0.1, -0.05) is 66.5 Å². The first-order valence-corrected chi connectivity index (χ1v) is 13.6. The van der Waals surface area contributed by atoms with E-state index in [9.17, 15) is 22.4 Å². The SMILES string of the molecule is CC[C@H](C(=O)NC)N(Cc1ccc(Cl)cc1Cl)C(=O)CN(c1ccccc1F)S(=O)(=O)c1ccccc1. The van der Waals surface area contributed by atoms with Crippen molar-refractivity contribution in [3.8, 4) is 0 Å². The maximum Gasteiger partial charge on any atom is 0.264 e. The molecule has 1 N–H and O–H groups in total. The second kappa shape index (κ2) is 12.4. The molecule has 0 fully saturated rings. The topological polar surface area (TPSA) is 86.8 Å².